The summed E-state index contributed by atoms with van der Waals surface area (Å²) in [6.07, 6.45) is 6.35. The van der Waals surface area contributed by atoms with Gasteiger partial charge < -0.3 is 10.4 Å². The molecule has 1 aromatic heterocycles. The summed E-state index contributed by atoms with van der Waals surface area (Å²) in [5.74, 6) is 2.16. The lowest BCUT2D eigenvalue weighted by molar-refractivity contribution is 0.126. The van der Waals surface area contributed by atoms with Crippen LogP contribution in [0.4, 0.5) is 11.6 Å². The van der Waals surface area contributed by atoms with Crippen molar-refractivity contribution >= 4 is 44.4 Å². The van der Waals surface area contributed by atoms with Gasteiger partial charge in [0.1, 0.15) is 5.82 Å². The Morgan fingerprint density at radius 2 is 1.80 bits per heavy atom. The number of aliphatic hydroxyl groups excluding tert-OH is 1. The molecule has 2 N–H and O–H groups in total. The minimum absolute atomic E-state index is 0.162. The molecule has 1 atom stereocenters. The minimum Gasteiger partial charge on any atom is -0.393 e. The van der Waals surface area contributed by atoms with Crippen LogP contribution in [0.5, 0.6) is 0 Å². The Balaban J connectivity index is 1.44. The van der Waals surface area contributed by atoms with Gasteiger partial charge in [-0.15, -0.1) is 0 Å². The zero-order chi connectivity index (χ0) is 24.2. The molecule has 4 nitrogen and oxygen atoms in total. The van der Waals surface area contributed by atoms with E-state index in [-0.39, 0.29) is 6.10 Å². The SMILES string of the molecule is CC1CCC(=Nc2cc(Cc3ccccc3)cc(NC3CCC(O)CC3)n2)Sc2cc(Br)ccc21. The molecule has 1 fully saturated rings. The predicted octanol–water partition coefficient (Wildman–Crippen LogP) is 7.87. The number of hydrogen-bond donors (Lipinski definition) is 2. The van der Waals surface area contributed by atoms with Crippen LogP contribution >= 0.6 is 27.7 Å². The van der Waals surface area contributed by atoms with Crippen LogP contribution < -0.4 is 5.32 Å². The van der Waals surface area contributed by atoms with Crippen molar-refractivity contribution in [2.75, 3.05) is 5.32 Å². The Labute approximate surface area is 220 Å². The van der Waals surface area contributed by atoms with Crippen LogP contribution in [0.2, 0.25) is 0 Å². The second-order valence-electron chi connectivity index (χ2n) is 9.76. The standard InChI is InChI=1S/C29H32BrN3OS/c1-19-7-14-29(35-26-18-22(30)8-13-25(19)26)33-28-17-21(15-20-5-3-2-4-6-20)16-27(32-28)31-23-9-11-24(34)12-10-23/h2-6,8,13,16-19,23-24,34H,7,9-12,14-15H2,1H3,(H,31,32). The summed E-state index contributed by atoms with van der Waals surface area (Å²) in [7, 11) is 0. The van der Waals surface area contributed by atoms with Crippen molar-refractivity contribution in [1.29, 1.82) is 0 Å². The summed E-state index contributed by atoms with van der Waals surface area (Å²) in [6, 6.07) is 21.8. The molecule has 0 bridgehead atoms. The molecular weight excluding hydrogens is 518 g/mol. The largest absolute Gasteiger partial charge is 0.393 e. The summed E-state index contributed by atoms with van der Waals surface area (Å²) in [6.45, 7) is 2.30. The summed E-state index contributed by atoms with van der Waals surface area (Å²) in [5.41, 5.74) is 3.88. The number of anilines is 1. The Morgan fingerprint density at radius 3 is 2.60 bits per heavy atom. The van der Waals surface area contributed by atoms with Crippen molar-refractivity contribution in [3.63, 3.8) is 0 Å². The first-order chi connectivity index (χ1) is 17.0. The van der Waals surface area contributed by atoms with Crippen LogP contribution in [0, 0.1) is 0 Å². The summed E-state index contributed by atoms with van der Waals surface area (Å²) >= 11 is 5.41. The molecule has 1 saturated carbocycles. The number of nitrogens with zero attached hydrogens (tertiary/aromatic N) is 2. The van der Waals surface area contributed by atoms with Crippen molar-refractivity contribution in [1.82, 2.24) is 4.98 Å². The molecule has 3 aromatic rings. The lowest BCUT2D eigenvalue weighted by atomic mass is 9.93. The highest BCUT2D eigenvalue weighted by Crippen LogP contribution is 2.39. The topological polar surface area (TPSA) is 57.5 Å². The van der Waals surface area contributed by atoms with Crippen molar-refractivity contribution in [3.8, 4) is 0 Å². The third-order valence-electron chi connectivity index (χ3n) is 6.94. The highest BCUT2D eigenvalue weighted by molar-refractivity contribution is 9.10. The number of rotatable bonds is 5. The zero-order valence-corrected chi connectivity index (χ0v) is 22.5. The number of fused-ring (bicyclic) bond motifs is 1. The van der Waals surface area contributed by atoms with Gasteiger partial charge in [-0.25, -0.2) is 9.98 Å². The maximum absolute atomic E-state index is 9.89. The number of hydrogen-bond acceptors (Lipinski definition) is 5. The first-order valence-electron chi connectivity index (χ1n) is 12.6. The lowest BCUT2D eigenvalue weighted by Gasteiger charge is -2.26. The van der Waals surface area contributed by atoms with Gasteiger partial charge in [-0.05, 0) is 91.8 Å². The third-order valence-corrected chi connectivity index (χ3v) is 8.53. The van der Waals surface area contributed by atoms with Gasteiger partial charge in [0.15, 0.2) is 5.82 Å². The Morgan fingerprint density at radius 1 is 1.00 bits per heavy atom. The van der Waals surface area contributed by atoms with Crippen molar-refractivity contribution in [3.05, 3.63) is 81.8 Å². The quantitative estimate of drug-likeness (QED) is 0.340. The lowest BCUT2D eigenvalue weighted by Crippen LogP contribution is -2.28. The van der Waals surface area contributed by atoms with E-state index in [0.717, 1.165) is 66.1 Å². The van der Waals surface area contributed by atoms with E-state index >= 15 is 0 Å². The van der Waals surface area contributed by atoms with Crippen molar-refractivity contribution in [2.45, 2.75) is 74.8 Å². The first-order valence-corrected chi connectivity index (χ1v) is 14.2. The smallest absolute Gasteiger partial charge is 0.155 e. The fourth-order valence-corrected chi connectivity index (χ4v) is 6.65. The molecular formula is C29H32BrN3OS. The average Bonchev–Trinajstić information content (AvgIpc) is 2.99. The second kappa shape index (κ2) is 11.3. The van der Waals surface area contributed by atoms with E-state index in [1.807, 2.05) is 0 Å². The monoisotopic (exact) mass is 549 g/mol. The number of aliphatic imine (C=N–C) groups is 1. The first kappa shape index (κ1) is 24.5. The number of pyridine rings is 1. The second-order valence-corrected chi connectivity index (χ2v) is 11.8. The maximum Gasteiger partial charge on any atom is 0.155 e. The van der Waals surface area contributed by atoms with Gasteiger partial charge in [-0.1, -0.05) is 71.0 Å². The number of aliphatic hydroxyl groups is 1. The van der Waals surface area contributed by atoms with E-state index in [1.165, 1.54) is 21.6 Å². The van der Waals surface area contributed by atoms with E-state index in [4.69, 9.17) is 9.98 Å². The third kappa shape index (κ3) is 6.54. The molecule has 0 amide bonds. The molecule has 2 aromatic carbocycles. The van der Waals surface area contributed by atoms with E-state index in [2.05, 4.69) is 88.8 Å². The van der Waals surface area contributed by atoms with Gasteiger partial charge >= 0.3 is 0 Å². The van der Waals surface area contributed by atoms with Crippen LogP contribution in [0.1, 0.15) is 68.1 Å². The molecule has 35 heavy (non-hydrogen) atoms. The Kier molecular flexibility index (Phi) is 7.91. The molecule has 2 heterocycles. The summed E-state index contributed by atoms with van der Waals surface area (Å²) < 4.78 is 1.10. The van der Waals surface area contributed by atoms with E-state index in [0.29, 0.717) is 12.0 Å². The van der Waals surface area contributed by atoms with Crippen LogP contribution in [0.25, 0.3) is 0 Å². The van der Waals surface area contributed by atoms with Crippen LogP contribution in [0.3, 0.4) is 0 Å². The molecule has 6 heteroatoms. The Hall–Kier alpha value is -2.15. The molecule has 2 aliphatic rings. The maximum atomic E-state index is 9.89. The predicted molar refractivity (Wildman–Crippen MR) is 150 cm³/mol. The fourth-order valence-electron chi connectivity index (χ4n) is 4.95. The number of nitrogens with one attached hydrogen (secondary N) is 1. The molecule has 0 spiro atoms. The van der Waals surface area contributed by atoms with Gasteiger partial charge in [0.25, 0.3) is 0 Å². The van der Waals surface area contributed by atoms with Gasteiger partial charge in [0, 0.05) is 15.4 Å². The van der Waals surface area contributed by atoms with Gasteiger partial charge in [0.2, 0.25) is 0 Å². The van der Waals surface area contributed by atoms with Crippen molar-refractivity contribution in [2.24, 2.45) is 4.99 Å². The normalized spacial score (nSPS) is 23.5. The van der Waals surface area contributed by atoms with Crippen LogP contribution in [-0.2, 0) is 6.42 Å². The van der Waals surface area contributed by atoms with Gasteiger partial charge in [0.05, 0.1) is 11.1 Å². The summed E-state index contributed by atoms with van der Waals surface area (Å²) in [4.78, 5) is 11.3. The minimum atomic E-state index is -0.162. The van der Waals surface area contributed by atoms with E-state index < -0.39 is 0 Å². The Bertz CT molecular complexity index is 1190. The fraction of sp³-hybridized carbons (Fsp3) is 0.379. The highest BCUT2D eigenvalue weighted by Gasteiger charge is 2.21. The number of thioether (sulfide) groups is 1. The summed E-state index contributed by atoms with van der Waals surface area (Å²) in [5, 5.41) is 14.6. The van der Waals surface area contributed by atoms with Gasteiger partial charge in [-0.3, -0.25) is 0 Å². The van der Waals surface area contributed by atoms with Crippen LogP contribution in [0.15, 0.2) is 75.0 Å². The van der Waals surface area contributed by atoms with Gasteiger partial charge in [-0.2, -0.15) is 0 Å². The zero-order valence-electron chi connectivity index (χ0n) is 20.1. The van der Waals surface area contributed by atoms with Crippen molar-refractivity contribution < 1.29 is 5.11 Å². The number of halogens is 1. The number of aromatic nitrogens is 1. The molecule has 0 radical (unpaired) electrons. The molecule has 1 unspecified atom stereocenters. The molecule has 1 aliphatic heterocycles. The van der Waals surface area contributed by atoms with E-state index in [1.54, 1.807) is 11.8 Å². The molecule has 5 rings (SSSR count). The molecule has 1 aliphatic carbocycles. The van der Waals surface area contributed by atoms with Crippen LogP contribution in [-0.4, -0.2) is 27.3 Å². The van der Waals surface area contributed by atoms with E-state index in [9.17, 15) is 5.11 Å². The number of benzene rings is 2. The molecule has 182 valence electrons. The highest BCUT2D eigenvalue weighted by atomic mass is 79.9. The average molecular weight is 551 g/mol. The molecule has 0 saturated heterocycles.